The van der Waals surface area contributed by atoms with Crippen LogP contribution in [0.3, 0.4) is 0 Å². The van der Waals surface area contributed by atoms with E-state index < -0.39 is 0 Å². The highest BCUT2D eigenvalue weighted by molar-refractivity contribution is 6.01. The van der Waals surface area contributed by atoms with Crippen LogP contribution in [0.1, 0.15) is 43.4 Å². The van der Waals surface area contributed by atoms with Gasteiger partial charge in [0.25, 0.3) is 5.91 Å². The van der Waals surface area contributed by atoms with Gasteiger partial charge < -0.3 is 9.73 Å². The number of nitrogens with one attached hydrogen (secondary N) is 1. The Labute approximate surface area is 152 Å². The first-order chi connectivity index (χ1) is 12.7. The van der Waals surface area contributed by atoms with Gasteiger partial charge >= 0.3 is 0 Å². The second-order valence-electron chi connectivity index (χ2n) is 6.34. The van der Waals surface area contributed by atoms with Gasteiger partial charge in [0.05, 0.1) is 11.6 Å². The van der Waals surface area contributed by atoms with Crippen molar-refractivity contribution in [3.8, 4) is 23.5 Å². The molecule has 1 aliphatic rings. The molecule has 1 N–H and O–H groups in total. The molecule has 0 saturated heterocycles. The van der Waals surface area contributed by atoms with Gasteiger partial charge in [0.2, 0.25) is 0 Å². The number of nitrogens with zero attached hydrogens (tertiary/aromatic N) is 2. The highest BCUT2D eigenvalue weighted by atomic mass is 16.3. The molecule has 0 aliphatic heterocycles. The Morgan fingerprint density at radius 1 is 1.12 bits per heavy atom. The van der Waals surface area contributed by atoms with Crippen molar-refractivity contribution in [1.82, 2.24) is 5.32 Å². The van der Waals surface area contributed by atoms with Gasteiger partial charge in [0, 0.05) is 17.7 Å². The molecule has 0 unspecified atom stereocenters. The standard InChI is InChI=1S/C21H19N3O2/c22-13-15-6-4-5-9-19(15)20-11-10-18(26-20)12-16(14-23)21(25)24-17-7-2-1-3-8-17/h4-6,9-12,17H,1-3,7-8H2,(H,24,25)/b16-12+. The summed E-state index contributed by atoms with van der Waals surface area (Å²) in [6, 6.07) is 14.8. The van der Waals surface area contributed by atoms with E-state index in [1.54, 1.807) is 30.3 Å². The van der Waals surface area contributed by atoms with E-state index in [2.05, 4.69) is 11.4 Å². The second kappa shape index (κ2) is 8.18. The van der Waals surface area contributed by atoms with Crippen molar-refractivity contribution < 1.29 is 9.21 Å². The number of carbonyl (C=O) groups excluding carboxylic acids is 1. The van der Waals surface area contributed by atoms with E-state index in [0.29, 0.717) is 22.6 Å². The van der Waals surface area contributed by atoms with Crippen LogP contribution in [-0.4, -0.2) is 11.9 Å². The zero-order valence-corrected chi connectivity index (χ0v) is 14.4. The maximum Gasteiger partial charge on any atom is 0.262 e. The third kappa shape index (κ3) is 4.02. The van der Waals surface area contributed by atoms with Gasteiger partial charge in [-0.25, -0.2) is 0 Å². The Morgan fingerprint density at radius 2 is 1.88 bits per heavy atom. The van der Waals surface area contributed by atoms with Gasteiger partial charge in [-0.2, -0.15) is 10.5 Å². The Balaban J connectivity index is 1.78. The van der Waals surface area contributed by atoms with Gasteiger partial charge in [-0.3, -0.25) is 4.79 Å². The third-order valence-corrected chi connectivity index (χ3v) is 4.53. The van der Waals surface area contributed by atoms with E-state index >= 15 is 0 Å². The molecule has 0 bridgehead atoms. The molecular formula is C21H19N3O2. The molecule has 130 valence electrons. The van der Waals surface area contributed by atoms with Crippen molar-refractivity contribution >= 4 is 12.0 Å². The largest absolute Gasteiger partial charge is 0.457 e. The number of amides is 1. The average molecular weight is 345 g/mol. The maximum atomic E-state index is 12.3. The molecule has 1 saturated carbocycles. The first-order valence-electron chi connectivity index (χ1n) is 8.73. The molecule has 1 aromatic carbocycles. The van der Waals surface area contributed by atoms with E-state index in [9.17, 15) is 15.3 Å². The molecule has 1 fully saturated rings. The van der Waals surface area contributed by atoms with E-state index in [0.717, 1.165) is 25.7 Å². The topological polar surface area (TPSA) is 89.8 Å². The summed E-state index contributed by atoms with van der Waals surface area (Å²) >= 11 is 0. The summed E-state index contributed by atoms with van der Waals surface area (Å²) in [7, 11) is 0. The number of benzene rings is 1. The molecule has 5 nitrogen and oxygen atoms in total. The van der Waals surface area contributed by atoms with Crippen LogP contribution in [0.2, 0.25) is 0 Å². The zero-order chi connectivity index (χ0) is 18.4. The lowest BCUT2D eigenvalue weighted by Crippen LogP contribution is -2.36. The average Bonchev–Trinajstić information content (AvgIpc) is 3.15. The van der Waals surface area contributed by atoms with Crippen LogP contribution in [0.25, 0.3) is 17.4 Å². The zero-order valence-electron chi connectivity index (χ0n) is 14.4. The molecule has 1 heterocycles. The van der Waals surface area contributed by atoms with Crippen LogP contribution >= 0.6 is 0 Å². The Bertz CT molecular complexity index is 906. The summed E-state index contributed by atoms with van der Waals surface area (Å²) in [4.78, 5) is 12.3. The van der Waals surface area contributed by atoms with Crippen molar-refractivity contribution in [1.29, 1.82) is 10.5 Å². The Kier molecular flexibility index (Phi) is 5.51. The first-order valence-corrected chi connectivity index (χ1v) is 8.73. The van der Waals surface area contributed by atoms with Gasteiger partial charge in [0.15, 0.2) is 0 Å². The fourth-order valence-corrected chi connectivity index (χ4v) is 3.17. The number of rotatable bonds is 4. The Hall–Kier alpha value is -3.31. The molecule has 1 aliphatic carbocycles. The second-order valence-corrected chi connectivity index (χ2v) is 6.34. The SMILES string of the molecule is N#C/C(=C\c1ccc(-c2ccccc2C#N)o1)C(=O)NC1CCCCC1. The molecular weight excluding hydrogens is 326 g/mol. The third-order valence-electron chi connectivity index (χ3n) is 4.53. The van der Waals surface area contributed by atoms with Crippen molar-refractivity contribution in [2.45, 2.75) is 38.1 Å². The maximum absolute atomic E-state index is 12.3. The van der Waals surface area contributed by atoms with Crippen LogP contribution in [0.15, 0.2) is 46.4 Å². The van der Waals surface area contributed by atoms with Crippen molar-refractivity contribution in [3.63, 3.8) is 0 Å². The lowest BCUT2D eigenvalue weighted by atomic mass is 9.95. The minimum Gasteiger partial charge on any atom is -0.457 e. The predicted octanol–water partition coefficient (Wildman–Crippen LogP) is 4.17. The number of nitriles is 2. The Morgan fingerprint density at radius 3 is 2.62 bits per heavy atom. The van der Waals surface area contributed by atoms with Crippen molar-refractivity contribution in [2.24, 2.45) is 0 Å². The molecule has 1 amide bonds. The van der Waals surface area contributed by atoms with E-state index in [-0.39, 0.29) is 17.5 Å². The summed E-state index contributed by atoms with van der Waals surface area (Å²) < 4.78 is 5.73. The highest BCUT2D eigenvalue weighted by Crippen LogP contribution is 2.26. The predicted molar refractivity (Wildman–Crippen MR) is 97.5 cm³/mol. The monoisotopic (exact) mass is 345 g/mol. The van der Waals surface area contributed by atoms with Crippen LogP contribution in [0.5, 0.6) is 0 Å². The molecule has 0 atom stereocenters. The van der Waals surface area contributed by atoms with Crippen molar-refractivity contribution in [2.75, 3.05) is 0 Å². The fraction of sp³-hybridized carbons (Fsp3) is 0.286. The lowest BCUT2D eigenvalue weighted by molar-refractivity contribution is -0.117. The number of furan rings is 1. The summed E-state index contributed by atoms with van der Waals surface area (Å²) in [6.07, 6.45) is 6.77. The highest BCUT2D eigenvalue weighted by Gasteiger charge is 2.18. The van der Waals surface area contributed by atoms with Gasteiger partial charge in [-0.15, -0.1) is 0 Å². The quantitative estimate of drug-likeness (QED) is 0.665. The van der Waals surface area contributed by atoms with Crippen molar-refractivity contribution in [3.05, 3.63) is 53.3 Å². The number of hydrogen-bond donors (Lipinski definition) is 1. The van der Waals surface area contributed by atoms with Gasteiger partial charge in [-0.05, 0) is 37.1 Å². The van der Waals surface area contributed by atoms with Crippen LogP contribution in [-0.2, 0) is 4.79 Å². The molecule has 2 aromatic rings. The van der Waals surface area contributed by atoms with Crippen LogP contribution < -0.4 is 5.32 Å². The first kappa shape index (κ1) is 17.5. The van der Waals surface area contributed by atoms with E-state index in [1.165, 1.54) is 12.5 Å². The van der Waals surface area contributed by atoms with E-state index in [4.69, 9.17) is 4.42 Å². The van der Waals surface area contributed by atoms with Gasteiger partial charge in [-0.1, -0.05) is 31.4 Å². The molecule has 1 aromatic heterocycles. The smallest absolute Gasteiger partial charge is 0.262 e. The fourth-order valence-electron chi connectivity index (χ4n) is 3.17. The van der Waals surface area contributed by atoms with Crippen LogP contribution in [0.4, 0.5) is 0 Å². The minimum atomic E-state index is -0.366. The number of carbonyl (C=O) groups is 1. The summed E-state index contributed by atoms with van der Waals surface area (Å²) in [6.45, 7) is 0. The van der Waals surface area contributed by atoms with Crippen LogP contribution in [0, 0.1) is 22.7 Å². The summed E-state index contributed by atoms with van der Waals surface area (Å²) in [5.74, 6) is 0.566. The summed E-state index contributed by atoms with van der Waals surface area (Å²) in [5, 5.41) is 21.5. The van der Waals surface area contributed by atoms with Gasteiger partial charge in [0.1, 0.15) is 23.2 Å². The molecule has 0 spiro atoms. The number of hydrogen-bond acceptors (Lipinski definition) is 4. The molecule has 26 heavy (non-hydrogen) atoms. The summed E-state index contributed by atoms with van der Waals surface area (Å²) in [5.41, 5.74) is 1.21. The van der Waals surface area contributed by atoms with E-state index in [1.807, 2.05) is 12.1 Å². The molecule has 5 heteroatoms. The normalized spacial score (nSPS) is 15.1. The molecule has 3 rings (SSSR count). The molecule has 0 radical (unpaired) electrons. The minimum absolute atomic E-state index is 0.0186. The lowest BCUT2D eigenvalue weighted by Gasteiger charge is -2.22.